The van der Waals surface area contributed by atoms with E-state index in [0.717, 1.165) is 0 Å². The van der Waals surface area contributed by atoms with Gasteiger partial charge in [-0.2, -0.15) is 0 Å². The quantitative estimate of drug-likeness (QED) is 0.401. The monoisotopic (exact) mass is 284 g/mol. The average molecular weight is 283 g/mol. The zero-order valence-electron chi connectivity index (χ0n) is 2.22. The van der Waals surface area contributed by atoms with Crippen molar-refractivity contribution in [1.29, 1.82) is 0 Å². The largest absolute Gasteiger partial charge is 2.00 e. The van der Waals surface area contributed by atoms with Crippen LogP contribution in [0.3, 0.4) is 0 Å². The summed E-state index contributed by atoms with van der Waals surface area (Å²) in [5.41, 5.74) is 0. The normalized spacial score (nSPS) is 4.80. The van der Waals surface area contributed by atoms with Crippen LogP contribution in [0.25, 0.3) is 0 Å². The third-order valence-corrected chi connectivity index (χ3v) is 0. The van der Waals surface area contributed by atoms with Gasteiger partial charge in [-0.3, -0.25) is 0 Å². The summed E-state index contributed by atoms with van der Waals surface area (Å²) in [7, 11) is 0. The molecule has 0 aliphatic heterocycles. The molecule has 0 unspecified atom stereocenters. The van der Waals surface area contributed by atoms with Gasteiger partial charge in [0.1, 0.15) is 0 Å². The fourth-order valence-electron chi connectivity index (χ4n) is 0. The van der Waals surface area contributed by atoms with E-state index in [1.165, 1.54) is 0 Å². The molecule has 0 N–H and O–H groups in total. The number of carbonyl (C=O) groups excluding carboxylic acids is 1. The minimum atomic E-state index is -1.50. The second-order valence-corrected chi connectivity index (χ2v) is 0.583. The van der Waals surface area contributed by atoms with Crippen LogP contribution in [0, 0.1) is 0 Å². The van der Waals surface area contributed by atoms with E-state index in [4.69, 9.17) is 9.90 Å². The summed E-state index contributed by atoms with van der Waals surface area (Å²) in [4.78, 5) is 8.70. The summed E-state index contributed by atoms with van der Waals surface area (Å²) in [6.07, 6.45) is 0. The molecule has 4 heteroatoms. The van der Waals surface area contributed by atoms with Crippen LogP contribution in [-0.4, -0.2) is 32.6 Å². The Balaban J connectivity index is 0. The molecule has 0 saturated heterocycles. The third-order valence-electron chi connectivity index (χ3n) is 0. The maximum Gasteiger partial charge on any atom is 2.00 e. The Morgan fingerprint density at radius 2 is 1.80 bits per heavy atom. The summed E-state index contributed by atoms with van der Waals surface area (Å²) in [6, 6.07) is 0. The van der Waals surface area contributed by atoms with Crippen molar-refractivity contribution in [3.63, 3.8) is 0 Å². The Morgan fingerprint density at radius 1 is 1.80 bits per heavy atom. The van der Waals surface area contributed by atoms with E-state index in [1.807, 2.05) is 0 Å². The molecule has 0 spiro atoms. The van der Waals surface area contributed by atoms with E-state index in [-0.39, 0.29) is 27.3 Å². The van der Waals surface area contributed by atoms with E-state index < -0.39 is 5.30 Å². The smallest absolute Gasteiger partial charge is 0.764 e. The van der Waals surface area contributed by atoms with Crippen molar-refractivity contribution in [2.45, 2.75) is 0 Å². The van der Waals surface area contributed by atoms with Gasteiger partial charge < -0.3 is 22.5 Å². The SMILES string of the molecule is O=C([O-])[S-].[Pb+2]. The summed E-state index contributed by atoms with van der Waals surface area (Å²) in [5.74, 6) is 0. The fourth-order valence-corrected chi connectivity index (χ4v) is 0. The molecule has 26 valence electrons. The molecular formula is CO2PbS. The van der Waals surface area contributed by atoms with Crippen molar-refractivity contribution in [1.82, 2.24) is 0 Å². The Kier molecular flexibility index (Phi) is 8.44. The Bertz CT molecular complexity index is 32.6. The van der Waals surface area contributed by atoms with Gasteiger partial charge in [-0.05, 0) is 0 Å². The first-order chi connectivity index (χ1) is 1.73. The van der Waals surface area contributed by atoms with Crippen LogP contribution in [0.2, 0.25) is 0 Å². The molecular weight excluding hydrogens is 283 g/mol. The molecule has 0 aromatic heterocycles. The van der Waals surface area contributed by atoms with E-state index >= 15 is 0 Å². The van der Waals surface area contributed by atoms with Crippen LogP contribution in [0.4, 0.5) is 4.79 Å². The molecule has 2 nitrogen and oxygen atoms in total. The van der Waals surface area contributed by atoms with Gasteiger partial charge in [0.15, 0.2) is 0 Å². The number of carbonyl (C=O) groups is 1. The molecule has 0 aliphatic rings. The van der Waals surface area contributed by atoms with Gasteiger partial charge in [-0.25, -0.2) is 0 Å². The zero-order chi connectivity index (χ0) is 3.58. The first-order valence-corrected chi connectivity index (χ1v) is 1.02. The molecule has 0 rings (SSSR count). The minimum absolute atomic E-state index is 0. The second-order valence-electron chi connectivity index (χ2n) is 0.250. The van der Waals surface area contributed by atoms with Crippen molar-refractivity contribution in [2.24, 2.45) is 0 Å². The molecule has 0 atom stereocenters. The van der Waals surface area contributed by atoms with Crippen LogP contribution in [0.5, 0.6) is 0 Å². The summed E-state index contributed by atoms with van der Waals surface area (Å²) >= 11 is 3.43. The fraction of sp³-hybridized carbons (Fsp3) is 0. The van der Waals surface area contributed by atoms with Crippen LogP contribution in [-0.2, 0) is 12.6 Å². The van der Waals surface area contributed by atoms with Gasteiger partial charge in [0, 0.05) is 0 Å². The number of rotatable bonds is 0. The molecule has 0 saturated carbocycles. The maximum atomic E-state index is 8.70. The van der Waals surface area contributed by atoms with Gasteiger partial charge in [0.05, 0.1) is 0 Å². The standard InChI is InChI=1S/CH2O2S.Pb/c2-1(3)4;/h4H,(H,2,3);/q;+2/p-2. The molecule has 2 radical (unpaired) electrons. The van der Waals surface area contributed by atoms with Gasteiger partial charge in [-0.1, -0.05) is 5.30 Å². The van der Waals surface area contributed by atoms with Gasteiger partial charge in [-0.15, -0.1) is 0 Å². The minimum Gasteiger partial charge on any atom is -0.764 e. The van der Waals surface area contributed by atoms with Crippen molar-refractivity contribution in [3.8, 4) is 0 Å². The maximum absolute atomic E-state index is 8.70. The first-order valence-electron chi connectivity index (χ1n) is 0.612. The molecule has 0 aromatic carbocycles. The summed E-state index contributed by atoms with van der Waals surface area (Å²) < 4.78 is 0. The number of hydrogen-bond acceptors (Lipinski definition) is 3. The van der Waals surface area contributed by atoms with E-state index in [1.54, 1.807) is 0 Å². The summed E-state index contributed by atoms with van der Waals surface area (Å²) in [5, 5.41) is 7.20. The van der Waals surface area contributed by atoms with Crippen molar-refractivity contribution >= 4 is 45.2 Å². The van der Waals surface area contributed by atoms with Crippen LogP contribution in [0.15, 0.2) is 0 Å². The molecule has 0 aromatic rings. The Labute approximate surface area is 55.1 Å². The molecule has 0 heterocycles. The third kappa shape index (κ3) is 84.0. The predicted molar refractivity (Wildman–Crippen MR) is 18.5 cm³/mol. The van der Waals surface area contributed by atoms with Crippen LogP contribution >= 0.6 is 0 Å². The van der Waals surface area contributed by atoms with E-state index in [0.29, 0.717) is 0 Å². The Morgan fingerprint density at radius 3 is 1.80 bits per heavy atom. The molecule has 0 aliphatic carbocycles. The predicted octanol–water partition coefficient (Wildman–Crippen LogP) is -1.50. The van der Waals surface area contributed by atoms with Crippen molar-refractivity contribution < 1.29 is 9.90 Å². The Hall–Kier alpha value is 0.612. The van der Waals surface area contributed by atoms with Crippen LogP contribution < -0.4 is 5.11 Å². The van der Waals surface area contributed by atoms with Gasteiger partial charge >= 0.3 is 27.3 Å². The molecule has 0 fully saturated rings. The van der Waals surface area contributed by atoms with E-state index in [9.17, 15) is 0 Å². The number of hydrogen-bond donors (Lipinski definition) is 0. The van der Waals surface area contributed by atoms with Gasteiger partial charge in [0.2, 0.25) is 0 Å². The molecule has 0 bridgehead atoms. The van der Waals surface area contributed by atoms with E-state index in [2.05, 4.69) is 12.6 Å². The van der Waals surface area contributed by atoms with Crippen LogP contribution in [0.1, 0.15) is 0 Å². The molecule has 5 heavy (non-hydrogen) atoms. The van der Waals surface area contributed by atoms with Crippen molar-refractivity contribution in [2.75, 3.05) is 0 Å². The summed E-state index contributed by atoms with van der Waals surface area (Å²) in [6.45, 7) is 0. The van der Waals surface area contributed by atoms with Gasteiger partial charge in [0.25, 0.3) is 0 Å². The zero-order valence-corrected chi connectivity index (χ0v) is 6.93. The molecule has 0 amide bonds. The number of carboxylic acid groups (broad SMARTS) is 1. The second kappa shape index (κ2) is 4.61. The average Bonchev–Trinajstić information content (AvgIpc) is 0.811. The first kappa shape index (κ1) is 9.15. The topological polar surface area (TPSA) is 40.1 Å². The van der Waals surface area contributed by atoms with Crippen molar-refractivity contribution in [3.05, 3.63) is 0 Å².